The van der Waals surface area contributed by atoms with Crippen LogP contribution in [-0.2, 0) is 18.4 Å². The molecule has 0 fully saturated rings. The molecule has 0 aromatic rings. The Bertz CT molecular complexity index is 759. The smallest absolute Gasteiger partial charge is 0.391 e. The third-order valence-corrected chi connectivity index (χ3v) is 10.9. The second-order valence-corrected chi connectivity index (χ2v) is 16.4. The average Bonchev–Trinajstić information content (AvgIpc) is 3.10. The first-order chi connectivity index (χ1) is 24.4. The number of unbranched alkanes of at least 4 members (excludes halogenated alkanes) is 29. The van der Waals surface area contributed by atoms with E-state index in [1.54, 1.807) is 0 Å². The lowest BCUT2D eigenvalue weighted by molar-refractivity contribution is -0.123. The van der Waals surface area contributed by atoms with Crippen molar-refractivity contribution < 1.29 is 28.4 Å². The largest absolute Gasteiger partial charge is 0.472 e. The van der Waals surface area contributed by atoms with Crippen LogP contribution in [0.5, 0.6) is 0 Å². The van der Waals surface area contributed by atoms with Crippen LogP contribution >= 0.6 is 7.82 Å². The van der Waals surface area contributed by atoms with Crippen LogP contribution in [0.15, 0.2) is 0 Å². The molecule has 0 aliphatic heterocycles. The van der Waals surface area contributed by atoms with Gasteiger partial charge in [0.1, 0.15) is 0 Å². The second-order valence-electron chi connectivity index (χ2n) is 14.9. The maximum Gasteiger partial charge on any atom is 0.472 e. The van der Waals surface area contributed by atoms with E-state index in [4.69, 9.17) is 14.8 Å². The van der Waals surface area contributed by atoms with Crippen LogP contribution in [-0.4, -0.2) is 47.8 Å². The molecule has 0 saturated carbocycles. The van der Waals surface area contributed by atoms with E-state index in [-0.39, 0.29) is 25.7 Å². The van der Waals surface area contributed by atoms with Crippen molar-refractivity contribution in [2.75, 3.05) is 19.8 Å². The summed E-state index contributed by atoms with van der Waals surface area (Å²) in [5.41, 5.74) is 5.37. The molecule has 1 unspecified atom stereocenters. The first kappa shape index (κ1) is 49.5. The molecule has 0 bridgehead atoms. The highest BCUT2D eigenvalue weighted by atomic mass is 31.2. The number of aliphatic hydroxyl groups excluding tert-OH is 1. The summed E-state index contributed by atoms with van der Waals surface area (Å²) < 4.78 is 22.1. The minimum absolute atomic E-state index is 0.0924. The molecule has 0 radical (unpaired) electrons. The molecular weight excluding hydrogens is 647 g/mol. The van der Waals surface area contributed by atoms with Gasteiger partial charge in [-0.3, -0.25) is 13.8 Å². The van der Waals surface area contributed by atoms with Crippen molar-refractivity contribution in [2.24, 2.45) is 5.73 Å². The second kappa shape index (κ2) is 38.2. The predicted octanol–water partition coefficient (Wildman–Crippen LogP) is 11.8. The van der Waals surface area contributed by atoms with Gasteiger partial charge in [0.25, 0.3) is 0 Å². The molecule has 8 nitrogen and oxygen atoms in total. The predicted molar refractivity (Wildman–Crippen MR) is 212 cm³/mol. The Kier molecular flexibility index (Phi) is 37.8. The van der Waals surface area contributed by atoms with E-state index in [1.807, 2.05) is 0 Å². The first-order valence-corrected chi connectivity index (χ1v) is 23.1. The highest BCUT2D eigenvalue weighted by Gasteiger charge is 2.27. The van der Waals surface area contributed by atoms with Crippen LogP contribution in [0.4, 0.5) is 0 Å². The van der Waals surface area contributed by atoms with E-state index in [0.29, 0.717) is 12.8 Å². The fraction of sp³-hybridized carbons (Fsp3) is 0.976. The summed E-state index contributed by atoms with van der Waals surface area (Å²) in [6, 6.07) is -0.766. The number of hydrogen-bond acceptors (Lipinski definition) is 6. The van der Waals surface area contributed by atoms with E-state index in [9.17, 15) is 19.4 Å². The van der Waals surface area contributed by atoms with Crippen LogP contribution < -0.4 is 11.1 Å². The van der Waals surface area contributed by atoms with Crippen LogP contribution in [0.3, 0.4) is 0 Å². The minimum atomic E-state index is -4.30. The van der Waals surface area contributed by atoms with E-state index >= 15 is 0 Å². The summed E-state index contributed by atoms with van der Waals surface area (Å²) in [5.74, 6) is -0.157. The molecule has 0 rings (SSSR count). The fourth-order valence-corrected chi connectivity index (χ4v) is 7.43. The zero-order chi connectivity index (χ0) is 36.8. The van der Waals surface area contributed by atoms with E-state index in [2.05, 4.69) is 19.2 Å². The van der Waals surface area contributed by atoms with E-state index < -0.39 is 20.0 Å². The molecule has 5 N–H and O–H groups in total. The molecule has 0 saturated heterocycles. The van der Waals surface area contributed by atoms with Gasteiger partial charge in [-0.1, -0.05) is 206 Å². The minimum Gasteiger partial charge on any atom is -0.391 e. The standard InChI is InChI=1S/C41H85N2O6P/c1-3-5-7-9-11-13-15-17-18-19-20-21-22-23-25-27-29-31-33-35-41(45)43-39(38-49-50(46,47)48-37-36-42)40(44)34-32-30-28-26-24-16-14-12-10-8-6-4-2/h39-40,44H,3-38,42H2,1-2H3,(H,43,45)(H,46,47)/t39-,40+/m0/s1. The molecule has 0 aromatic heterocycles. The van der Waals surface area contributed by atoms with Crippen LogP contribution in [0.2, 0.25) is 0 Å². The summed E-state index contributed by atoms with van der Waals surface area (Å²) in [5, 5.41) is 13.8. The van der Waals surface area contributed by atoms with Crippen molar-refractivity contribution in [3.63, 3.8) is 0 Å². The Hall–Kier alpha value is -0.500. The van der Waals surface area contributed by atoms with Crippen LogP contribution in [0, 0.1) is 0 Å². The molecule has 1 amide bonds. The van der Waals surface area contributed by atoms with Crippen molar-refractivity contribution in [1.29, 1.82) is 0 Å². The van der Waals surface area contributed by atoms with Gasteiger partial charge in [0.15, 0.2) is 0 Å². The maximum atomic E-state index is 12.8. The van der Waals surface area contributed by atoms with E-state index in [1.165, 1.54) is 161 Å². The molecule has 50 heavy (non-hydrogen) atoms. The molecule has 0 aliphatic rings. The molecule has 9 heteroatoms. The van der Waals surface area contributed by atoms with Crippen molar-refractivity contribution in [1.82, 2.24) is 5.32 Å². The monoisotopic (exact) mass is 733 g/mol. The third kappa shape index (κ3) is 35.9. The highest BCUT2D eigenvalue weighted by Crippen LogP contribution is 2.43. The number of aliphatic hydroxyl groups is 1. The zero-order valence-corrected chi connectivity index (χ0v) is 34.1. The fourth-order valence-electron chi connectivity index (χ4n) is 6.67. The van der Waals surface area contributed by atoms with Gasteiger partial charge in [0.05, 0.1) is 25.4 Å². The SMILES string of the molecule is CCCCCCCCCCCCCCCCCCCCCC(=O)N[C@@H](COP(=O)(O)OCCN)[C@H](O)CCCCCCCCCCCCCC. The van der Waals surface area contributed by atoms with Gasteiger partial charge in [0, 0.05) is 13.0 Å². The average molecular weight is 733 g/mol. The molecular formula is C41H85N2O6P. The molecule has 300 valence electrons. The molecule has 0 spiro atoms. The number of rotatable bonds is 41. The Morgan fingerprint density at radius 1 is 0.580 bits per heavy atom. The number of phosphoric acid groups is 1. The lowest BCUT2D eigenvalue weighted by Gasteiger charge is -2.25. The van der Waals surface area contributed by atoms with Gasteiger partial charge in [-0.15, -0.1) is 0 Å². The summed E-state index contributed by atoms with van der Waals surface area (Å²) in [6.07, 6.45) is 39.7. The van der Waals surface area contributed by atoms with Crippen molar-refractivity contribution >= 4 is 13.7 Å². The number of carbonyl (C=O) groups excluding carboxylic acids is 1. The number of hydrogen-bond donors (Lipinski definition) is 4. The first-order valence-electron chi connectivity index (χ1n) is 21.7. The maximum absolute atomic E-state index is 12.8. The number of nitrogens with one attached hydrogen (secondary N) is 1. The highest BCUT2D eigenvalue weighted by molar-refractivity contribution is 7.47. The Labute approximate surface area is 310 Å². The van der Waals surface area contributed by atoms with Crippen molar-refractivity contribution in [3.05, 3.63) is 0 Å². The van der Waals surface area contributed by atoms with Crippen LogP contribution in [0.25, 0.3) is 0 Å². The summed E-state index contributed by atoms with van der Waals surface area (Å²) >= 11 is 0. The Morgan fingerprint density at radius 3 is 1.28 bits per heavy atom. The van der Waals surface area contributed by atoms with Gasteiger partial charge in [-0.05, 0) is 12.8 Å². The lowest BCUT2D eigenvalue weighted by Crippen LogP contribution is -2.46. The summed E-state index contributed by atoms with van der Waals surface area (Å²) in [7, 11) is -4.30. The van der Waals surface area contributed by atoms with E-state index in [0.717, 1.165) is 38.5 Å². The molecule has 0 aromatic carbocycles. The van der Waals surface area contributed by atoms with Gasteiger partial charge in [0.2, 0.25) is 5.91 Å². The Balaban J connectivity index is 4.07. The van der Waals surface area contributed by atoms with Gasteiger partial charge >= 0.3 is 7.82 Å². The van der Waals surface area contributed by atoms with Crippen LogP contribution in [0.1, 0.15) is 226 Å². The van der Waals surface area contributed by atoms with Gasteiger partial charge < -0.3 is 21.1 Å². The summed E-state index contributed by atoms with van der Waals surface area (Å²) in [4.78, 5) is 22.7. The third-order valence-electron chi connectivity index (χ3n) is 9.96. The number of carbonyl (C=O) groups is 1. The van der Waals surface area contributed by atoms with Gasteiger partial charge in [-0.2, -0.15) is 0 Å². The number of amides is 1. The topological polar surface area (TPSA) is 131 Å². The van der Waals surface area contributed by atoms with Gasteiger partial charge in [-0.25, -0.2) is 4.57 Å². The molecule has 0 aliphatic carbocycles. The number of phosphoric ester groups is 1. The zero-order valence-electron chi connectivity index (χ0n) is 33.2. The van der Waals surface area contributed by atoms with Crippen molar-refractivity contribution in [3.8, 4) is 0 Å². The quantitative estimate of drug-likeness (QED) is 0.0363. The molecule has 0 heterocycles. The summed E-state index contributed by atoms with van der Waals surface area (Å²) in [6.45, 7) is 4.23. The van der Waals surface area contributed by atoms with Crippen molar-refractivity contribution in [2.45, 2.75) is 238 Å². The normalized spacial score (nSPS) is 14.1. The molecule has 3 atom stereocenters. The lowest BCUT2D eigenvalue weighted by atomic mass is 10.0. The Morgan fingerprint density at radius 2 is 0.920 bits per heavy atom. The number of nitrogens with two attached hydrogens (primary N) is 1.